The molecule has 0 N–H and O–H groups in total. The average Bonchev–Trinajstić information content (AvgIpc) is 3.21. The molecule has 9 nitrogen and oxygen atoms in total. The van der Waals surface area contributed by atoms with Gasteiger partial charge in [-0.05, 0) is 37.6 Å². The molecule has 0 saturated carbocycles. The van der Waals surface area contributed by atoms with Crippen LogP contribution in [0.5, 0.6) is 17.5 Å². The van der Waals surface area contributed by atoms with Crippen molar-refractivity contribution in [3.8, 4) is 28.8 Å². The lowest BCUT2D eigenvalue weighted by Gasteiger charge is -2.16. The molecule has 1 amide bonds. The summed E-state index contributed by atoms with van der Waals surface area (Å²) < 4.78 is 21.8. The summed E-state index contributed by atoms with van der Waals surface area (Å²) in [6, 6.07) is 8.99. The fraction of sp³-hybridized carbons (Fsp3) is 0.360. The summed E-state index contributed by atoms with van der Waals surface area (Å²) >= 11 is 0. The van der Waals surface area contributed by atoms with Crippen LogP contribution < -0.4 is 19.1 Å². The first-order chi connectivity index (χ1) is 16.5. The predicted molar refractivity (Wildman–Crippen MR) is 127 cm³/mol. The maximum absolute atomic E-state index is 13.0. The number of pyridine rings is 3. The van der Waals surface area contributed by atoms with Crippen LogP contribution in [0.15, 0.2) is 42.7 Å². The van der Waals surface area contributed by atoms with Gasteiger partial charge < -0.3 is 23.8 Å². The van der Waals surface area contributed by atoms with Crippen LogP contribution in [0.1, 0.15) is 36.3 Å². The second-order valence-electron chi connectivity index (χ2n) is 7.86. The van der Waals surface area contributed by atoms with E-state index in [4.69, 9.17) is 23.9 Å². The Bertz CT molecular complexity index is 1150. The fourth-order valence-corrected chi connectivity index (χ4v) is 3.61. The van der Waals surface area contributed by atoms with Gasteiger partial charge in [-0.25, -0.2) is 9.97 Å². The Balaban J connectivity index is 1.46. The number of fused-ring (bicyclic) bond motifs is 1. The van der Waals surface area contributed by atoms with Crippen LogP contribution in [0.3, 0.4) is 0 Å². The number of nitrogens with zero attached hydrogens (tertiary/aromatic N) is 4. The topological polar surface area (TPSA) is 95.9 Å². The van der Waals surface area contributed by atoms with E-state index in [0.717, 1.165) is 12.0 Å². The van der Waals surface area contributed by atoms with Crippen molar-refractivity contribution in [1.82, 2.24) is 15.0 Å². The molecule has 3 aromatic heterocycles. The molecule has 4 heterocycles. The third-order valence-electron chi connectivity index (χ3n) is 5.39. The molecule has 0 fully saturated rings. The van der Waals surface area contributed by atoms with E-state index >= 15 is 0 Å². The molecule has 1 aliphatic rings. The number of ether oxygens (including phenoxy) is 4. The maximum atomic E-state index is 13.0. The van der Waals surface area contributed by atoms with Crippen molar-refractivity contribution < 1.29 is 23.7 Å². The third-order valence-corrected chi connectivity index (χ3v) is 5.39. The van der Waals surface area contributed by atoms with Crippen LogP contribution in [-0.2, 0) is 11.3 Å². The van der Waals surface area contributed by atoms with Crippen LogP contribution in [-0.4, -0.2) is 54.4 Å². The molecule has 9 heteroatoms. The van der Waals surface area contributed by atoms with Gasteiger partial charge in [0.05, 0.1) is 55.7 Å². The molecular formula is C25H28N4O5. The van der Waals surface area contributed by atoms with Gasteiger partial charge in [0, 0.05) is 24.4 Å². The highest BCUT2D eigenvalue weighted by atomic mass is 16.5. The molecule has 1 aliphatic heterocycles. The molecule has 0 spiro atoms. The third kappa shape index (κ3) is 4.94. The number of hydrogen-bond acceptors (Lipinski definition) is 8. The first kappa shape index (κ1) is 23.4. The van der Waals surface area contributed by atoms with Crippen LogP contribution in [0.4, 0.5) is 5.69 Å². The van der Waals surface area contributed by atoms with E-state index < -0.39 is 0 Å². The van der Waals surface area contributed by atoms with Crippen molar-refractivity contribution in [2.24, 2.45) is 0 Å². The van der Waals surface area contributed by atoms with Gasteiger partial charge in [-0.2, -0.15) is 0 Å². The van der Waals surface area contributed by atoms with Crippen molar-refractivity contribution >= 4 is 11.6 Å². The molecule has 34 heavy (non-hydrogen) atoms. The fourth-order valence-electron chi connectivity index (χ4n) is 3.61. The van der Waals surface area contributed by atoms with E-state index in [9.17, 15) is 4.79 Å². The molecule has 0 aliphatic carbocycles. The Hall–Kier alpha value is -3.72. The highest BCUT2D eigenvalue weighted by Crippen LogP contribution is 2.32. The molecular weight excluding hydrogens is 436 g/mol. The molecule has 4 rings (SSSR count). The van der Waals surface area contributed by atoms with E-state index in [0.29, 0.717) is 59.9 Å². The van der Waals surface area contributed by atoms with Crippen molar-refractivity contribution in [2.45, 2.75) is 32.9 Å². The summed E-state index contributed by atoms with van der Waals surface area (Å²) in [6.07, 6.45) is 4.25. The van der Waals surface area contributed by atoms with E-state index in [1.807, 2.05) is 19.1 Å². The Kier molecular flexibility index (Phi) is 7.22. The summed E-state index contributed by atoms with van der Waals surface area (Å²) in [7, 11) is 3.09. The van der Waals surface area contributed by atoms with E-state index in [1.54, 1.807) is 42.6 Å². The first-order valence-corrected chi connectivity index (χ1v) is 11.1. The zero-order valence-electron chi connectivity index (χ0n) is 19.8. The lowest BCUT2D eigenvalue weighted by atomic mass is 10.1. The highest BCUT2D eigenvalue weighted by molar-refractivity contribution is 6.09. The molecule has 1 unspecified atom stereocenters. The molecule has 0 bridgehead atoms. The smallest absolute Gasteiger partial charge is 0.260 e. The van der Waals surface area contributed by atoms with E-state index in [1.165, 1.54) is 7.11 Å². The van der Waals surface area contributed by atoms with Gasteiger partial charge in [0.2, 0.25) is 5.88 Å². The largest absolute Gasteiger partial charge is 0.491 e. The number of rotatable bonds is 10. The summed E-state index contributed by atoms with van der Waals surface area (Å²) in [5, 5.41) is 0. The number of anilines is 1. The second-order valence-corrected chi connectivity index (χ2v) is 7.86. The zero-order valence-corrected chi connectivity index (χ0v) is 19.8. The minimum absolute atomic E-state index is 0.0165. The summed E-state index contributed by atoms with van der Waals surface area (Å²) in [5.74, 6) is 1.29. The SMILES string of the molecule is CCCOC(C)COc1ccc(N2Cc3nc(-c4cnc(OC)c(OC)c4)ccc3C2=O)cn1. The lowest BCUT2D eigenvalue weighted by Crippen LogP contribution is -2.23. The normalized spacial score (nSPS) is 13.5. The highest BCUT2D eigenvalue weighted by Gasteiger charge is 2.30. The first-order valence-electron chi connectivity index (χ1n) is 11.1. The van der Waals surface area contributed by atoms with Crippen molar-refractivity contribution in [2.75, 3.05) is 32.3 Å². The van der Waals surface area contributed by atoms with Gasteiger partial charge in [-0.3, -0.25) is 9.78 Å². The van der Waals surface area contributed by atoms with Crippen LogP contribution in [0, 0.1) is 0 Å². The van der Waals surface area contributed by atoms with Crippen molar-refractivity contribution in [3.05, 3.63) is 54.0 Å². The predicted octanol–water partition coefficient (Wildman–Crippen LogP) is 3.91. The van der Waals surface area contributed by atoms with Crippen molar-refractivity contribution in [1.29, 1.82) is 0 Å². The molecule has 178 valence electrons. The number of carbonyl (C=O) groups is 1. The van der Waals surface area contributed by atoms with Gasteiger partial charge in [-0.1, -0.05) is 6.92 Å². The monoisotopic (exact) mass is 464 g/mol. The number of aromatic nitrogens is 3. The molecule has 1 atom stereocenters. The Labute approximate surface area is 198 Å². The Morgan fingerprint density at radius 2 is 1.94 bits per heavy atom. The quantitative estimate of drug-likeness (QED) is 0.446. The summed E-state index contributed by atoms with van der Waals surface area (Å²) in [6.45, 7) is 5.50. The lowest BCUT2D eigenvalue weighted by molar-refractivity contribution is 0.0315. The number of carbonyl (C=O) groups excluding carboxylic acids is 1. The van der Waals surface area contributed by atoms with Crippen LogP contribution in [0.25, 0.3) is 11.3 Å². The van der Waals surface area contributed by atoms with E-state index in [2.05, 4.69) is 16.9 Å². The molecule has 3 aromatic rings. The minimum atomic E-state index is -0.114. The summed E-state index contributed by atoms with van der Waals surface area (Å²) in [5.41, 5.74) is 3.41. The summed E-state index contributed by atoms with van der Waals surface area (Å²) in [4.78, 5) is 28.0. The molecule has 0 aromatic carbocycles. The Morgan fingerprint density at radius 1 is 1.09 bits per heavy atom. The maximum Gasteiger partial charge on any atom is 0.260 e. The van der Waals surface area contributed by atoms with Gasteiger partial charge in [0.15, 0.2) is 5.75 Å². The number of methoxy groups -OCH3 is 2. The minimum Gasteiger partial charge on any atom is -0.491 e. The van der Waals surface area contributed by atoms with Gasteiger partial charge in [0.25, 0.3) is 11.8 Å². The standard InChI is InChI=1S/C25H28N4O5/c1-5-10-33-16(2)15-34-23-9-6-18(13-26-23)29-14-21-19(25(29)30)7-8-20(28-21)17-11-22(31-3)24(32-4)27-12-17/h6-9,11-13,16H,5,10,14-15H2,1-4H3. The molecule has 0 radical (unpaired) electrons. The van der Waals surface area contributed by atoms with Gasteiger partial charge in [0.1, 0.15) is 6.61 Å². The second kappa shape index (κ2) is 10.5. The van der Waals surface area contributed by atoms with Crippen LogP contribution >= 0.6 is 0 Å². The van der Waals surface area contributed by atoms with Crippen molar-refractivity contribution in [3.63, 3.8) is 0 Å². The van der Waals surface area contributed by atoms with E-state index in [-0.39, 0.29) is 12.0 Å². The molecule has 0 saturated heterocycles. The van der Waals surface area contributed by atoms with Gasteiger partial charge >= 0.3 is 0 Å². The van der Waals surface area contributed by atoms with Crippen LogP contribution in [0.2, 0.25) is 0 Å². The average molecular weight is 465 g/mol. The number of amides is 1. The van der Waals surface area contributed by atoms with Gasteiger partial charge in [-0.15, -0.1) is 0 Å². The zero-order chi connectivity index (χ0) is 24.1. The Morgan fingerprint density at radius 3 is 2.65 bits per heavy atom. The number of hydrogen-bond donors (Lipinski definition) is 0.